The molecule has 0 spiro atoms. The van der Waals surface area contributed by atoms with Gasteiger partial charge in [-0.15, -0.1) is 0 Å². The fraction of sp³-hybridized carbons (Fsp3) is 0.500. The zero-order chi connectivity index (χ0) is 17.3. The molecular formula is C20H28N4O. The van der Waals surface area contributed by atoms with Crippen LogP contribution in [0.5, 0.6) is 0 Å². The van der Waals surface area contributed by atoms with Gasteiger partial charge in [-0.1, -0.05) is 18.2 Å². The molecule has 5 heteroatoms. The molecule has 1 aliphatic carbocycles. The molecule has 0 aliphatic heterocycles. The molecule has 2 aromatic rings. The summed E-state index contributed by atoms with van der Waals surface area (Å²) in [5.74, 6) is 1.69. The van der Waals surface area contributed by atoms with Crippen LogP contribution in [0.1, 0.15) is 31.7 Å². The number of benzene rings is 1. The lowest BCUT2D eigenvalue weighted by Crippen LogP contribution is -2.38. The molecule has 0 unspecified atom stereocenters. The summed E-state index contributed by atoms with van der Waals surface area (Å²) in [5.41, 5.74) is 2.21. The van der Waals surface area contributed by atoms with Gasteiger partial charge in [-0.3, -0.25) is 4.98 Å². The predicted octanol–water partition coefficient (Wildman–Crippen LogP) is 3.11. The van der Waals surface area contributed by atoms with Crippen LogP contribution in [0, 0.1) is 5.92 Å². The summed E-state index contributed by atoms with van der Waals surface area (Å²) in [6.07, 6.45) is 5.54. The summed E-state index contributed by atoms with van der Waals surface area (Å²) in [7, 11) is 0. The Hall–Kier alpha value is -2.14. The molecule has 2 N–H and O–H groups in total. The smallest absolute Gasteiger partial charge is 0.191 e. The van der Waals surface area contributed by atoms with Gasteiger partial charge >= 0.3 is 0 Å². The molecule has 0 radical (unpaired) electrons. The molecule has 5 nitrogen and oxygen atoms in total. The van der Waals surface area contributed by atoms with Gasteiger partial charge in [0.15, 0.2) is 5.96 Å². The molecule has 1 aromatic heterocycles. The van der Waals surface area contributed by atoms with Crippen molar-refractivity contribution in [1.29, 1.82) is 0 Å². The van der Waals surface area contributed by atoms with Crippen molar-refractivity contribution in [3.63, 3.8) is 0 Å². The van der Waals surface area contributed by atoms with E-state index in [0.29, 0.717) is 6.54 Å². The monoisotopic (exact) mass is 340 g/mol. The topological polar surface area (TPSA) is 58.5 Å². The highest BCUT2D eigenvalue weighted by Crippen LogP contribution is 2.28. The number of hydrogen-bond donors (Lipinski definition) is 2. The summed E-state index contributed by atoms with van der Waals surface area (Å²) >= 11 is 0. The van der Waals surface area contributed by atoms with Gasteiger partial charge in [-0.25, -0.2) is 4.99 Å². The Labute approximate surface area is 149 Å². The lowest BCUT2D eigenvalue weighted by molar-refractivity contribution is 0.123. The summed E-state index contributed by atoms with van der Waals surface area (Å²) in [5, 5.41) is 7.85. The second-order valence-corrected chi connectivity index (χ2v) is 6.48. The van der Waals surface area contributed by atoms with E-state index in [-0.39, 0.29) is 0 Å². The number of guanidine groups is 1. The van der Waals surface area contributed by atoms with E-state index in [9.17, 15) is 0 Å². The van der Waals surface area contributed by atoms with Gasteiger partial charge in [0.05, 0.1) is 12.1 Å². The highest BCUT2D eigenvalue weighted by atomic mass is 16.5. The van der Waals surface area contributed by atoms with Gasteiger partial charge in [-0.05, 0) is 49.8 Å². The lowest BCUT2D eigenvalue weighted by atomic mass is 10.1. The third-order valence-corrected chi connectivity index (χ3v) is 4.30. The van der Waals surface area contributed by atoms with E-state index >= 15 is 0 Å². The highest BCUT2D eigenvalue weighted by molar-refractivity contribution is 5.83. The normalized spacial score (nSPS) is 14.7. The number of fused-ring (bicyclic) bond motifs is 1. The summed E-state index contributed by atoms with van der Waals surface area (Å²) in [6.45, 7) is 6.18. The summed E-state index contributed by atoms with van der Waals surface area (Å²) in [4.78, 5) is 9.12. The van der Waals surface area contributed by atoms with Gasteiger partial charge in [0, 0.05) is 37.9 Å². The van der Waals surface area contributed by atoms with Crippen molar-refractivity contribution in [3.05, 3.63) is 42.1 Å². The first-order valence-corrected chi connectivity index (χ1v) is 9.29. The second kappa shape index (κ2) is 9.37. The first-order valence-electron chi connectivity index (χ1n) is 9.29. The SMILES string of the molecule is CCNC(=NCc1ccnc2ccccc12)NCCCOCC1CC1. The Balaban J connectivity index is 1.50. The Morgan fingerprint density at radius 2 is 2.12 bits per heavy atom. The van der Waals surface area contributed by atoms with Gasteiger partial charge in [-0.2, -0.15) is 0 Å². The second-order valence-electron chi connectivity index (χ2n) is 6.48. The Morgan fingerprint density at radius 3 is 2.96 bits per heavy atom. The van der Waals surface area contributed by atoms with Crippen LogP contribution in [0.2, 0.25) is 0 Å². The van der Waals surface area contributed by atoms with Crippen LogP contribution in [0.4, 0.5) is 0 Å². The maximum absolute atomic E-state index is 5.67. The quantitative estimate of drug-likeness (QED) is 0.418. The standard InChI is InChI=1S/C20H28N4O/c1-2-21-20(23-11-5-13-25-15-16-8-9-16)24-14-17-10-12-22-19-7-4-3-6-18(17)19/h3-4,6-7,10,12,16H,2,5,8-9,11,13-15H2,1H3,(H2,21,23,24). The molecule has 0 saturated heterocycles. The molecule has 0 atom stereocenters. The summed E-state index contributed by atoms with van der Waals surface area (Å²) < 4.78 is 5.67. The minimum absolute atomic E-state index is 0.635. The van der Waals surface area contributed by atoms with Crippen LogP contribution in [-0.4, -0.2) is 37.2 Å². The fourth-order valence-electron chi connectivity index (χ4n) is 2.71. The fourth-order valence-corrected chi connectivity index (χ4v) is 2.71. The number of aromatic nitrogens is 1. The van der Waals surface area contributed by atoms with E-state index in [0.717, 1.165) is 55.5 Å². The van der Waals surface area contributed by atoms with E-state index in [2.05, 4.69) is 28.6 Å². The number of hydrogen-bond acceptors (Lipinski definition) is 3. The molecule has 134 valence electrons. The van der Waals surface area contributed by atoms with Crippen molar-refractivity contribution >= 4 is 16.9 Å². The molecule has 1 aliphatic rings. The Morgan fingerprint density at radius 1 is 1.24 bits per heavy atom. The van der Waals surface area contributed by atoms with Crippen LogP contribution in [0.25, 0.3) is 10.9 Å². The zero-order valence-corrected chi connectivity index (χ0v) is 15.0. The number of ether oxygens (including phenoxy) is 1. The van der Waals surface area contributed by atoms with Gasteiger partial charge < -0.3 is 15.4 Å². The maximum atomic E-state index is 5.67. The molecule has 1 fully saturated rings. The molecule has 0 bridgehead atoms. The number of pyridine rings is 1. The number of para-hydroxylation sites is 1. The Kier molecular flexibility index (Phi) is 6.63. The molecule has 1 heterocycles. The molecule has 1 aromatic carbocycles. The van der Waals surface area contributed by atoms with E-state index in [4.69, 9.17) is 9.73 Å². The zero-order valence-electron chi connectivity index (χ0n) is 15.0. The van der Waals surface area contributed by atoms with E-state index in [1.165, 1.54) is 18.4 Å². The van der Waals surface area contributed by atoms with Gasteiger partial charge in [0.25, 0.3) is 0 Å². The number of nitrogens with one attached hydrogen (secondary N) is 2. The van der Waals surface area contributed by atoms with Crippen molar-refractivity contribution in [2.75, 3.05) is 26.3 Å². The number of nitrogens with zero attached hydrogens (tertiary/aromatic N) is 2. The maximum Gasteiger partial charge on any atom is 0.191 e. The van der Waals surface area contributed by atoms with Crippen LogP contribution >= 0.6 is 0 Å². The van der Waals surface area contributed by atoms with E-state index in [1.54, 1.807) is 0 Å². The van der Waals surface area contributed by atoms with Crippen molar-refractivity contribution in [1.82, 2.24) is 15.6 Å². The number of rotatable bonds is 9. The van der Waals surface area contributed by atoms with Crippen molar-refractivity contribution in [2.45, 2.75) is 32.7 Å². The molecule has 25 heavy (non-hydrogen) atoms. The van der Waals surface area contributed by atoms with Gasteiger partial charge in [0.1, 0.15) is 0 Å². The minimum Gasteiger partial charge on any atom is -0.381 e. The van der Waals surface area contributed by atoms with Crippen LogP contribution in [0.15, 0.2) is 41.5 Å². The third kappa shape index (κ3) is 5.71. The average Bonchev–Trinajstić information content (AvgIpc) is 3.46. The average molecular weight is 340 g/mol. The Bertz CT molecular complexity index is 692. The minimum atomic E-state index is 0.635. The predicted molar refractivity (Wildman–Crippen MR) is 103 cm³/mol. The molecule has 0 amide bonds. The molecule has 3 rings (SSSR count). The first kappa shape index (κ1) is 17.7. The van der Waals surface area contributed by atoms with Crippen LogP contribution in [0.3, 0.4) is 0 Å². The van der Waals surface area contributed by atoms with Crippen molar-refractivity contribution in [3.8, 4) is 0 Å². The van der Waals surface area contributed by atoms with E-state index in [1.807, 2.05) is 30.5 Å². The largest absolute Gasteiger partial charge is 0.381 e. The lowest BCUT2D eigenvalue weighted by Gasteiger charge is -2.12. The van der Waals surface area contributed by atoms with Crippen LogP contribution < -0.4 is 10.6 Å². The highest BCUT2D eigenvalue weighted by Gasteiger charge is 2.20. The van der Waals surface area contributed by atoms with Crippen LogP contribution in [-0.2, 0) is 11.3 Å². The number of aliphatic imine (C=N–C) groups is 1. The molecule has 1 saturated carbocycles. The van der Waals surface area contributed by atoms with Gasteiger partial charge in [0.2, 0.25) is 0 Å². The summed E-state index contributed by atoms with van der Waals surface area (Å²) in [6, 6.07) is 10.2. The van der Waals surface area contributed by atoms with Crippen molar-refractivity contribution < 1.29 is 4.74 Å². The van der Waals surface area contributed by atoms with E-state index < -0.39 is 0 Å². The van der Waals surface area contributed by atoms with Crippen molar-refractivity contribution in [2.24, 2.45) is 10.9 Å². The first-order chi connectivity index (χ1) is 12.4. The molecular weight excluding hydrogens is 312 g/mol. The third-order valence-electron chi connectivity index (χ3n) is 4.30.